The number of benzene rings is 1. The second-order valence-corrected chi connectivity index (χ2v) is 11.5. The van der Waals surface area contributed by atoms with E-state index >= 15 is 0 Å². The van der Waals surface area contributed by atoms with Crippen LogP contribution in [0, 0.1) is 21.3 Å². The lowest BCUT2D eigenvalue weighted by molar-refractivity contribution is -0.184. The molecule has 0 bridgehead atoms. The van der Waals surface area contributed by atoms with Gasteiger partial charge in [0.05, 0.1) is 11.7 Å². The average Bonchev–Trinajstić information content (AvgIpc) is 2.74. The van der Waals surface area contributed by atoms with Gasteiger partial charge in [-0.3, -0.25) is 14.4 Å². The predicted octanol–water partition coefficient (Wildman–Crippen LogP) is 0.597. The van der Waals surface area contributed by atoms with Gasteiger partial charge in [-0.1, -0.05) is 0 Å². The summed E-state index contributed by atoms with van der Waals surface area (Å²) in [5, 5.41) is 44.6. The Morgan fingerprint density at radius 2 is 1.97 bits per heavy atom. The number of aromatic hydroxyl groups is 1. The lowest BCUT2D eigenvalue weighted by atomic mass is 9.54. The molecule has 6 atom stereocenters. The molecule has 0 heterocycles. The number of nitrogens with two attached hydrogens (primary N) is 1. The Hall–Kier alpha value is -1.67. The average molecular weight is 602 g/mol. The minimum absolute atomic E-state index is 0.113. The van der Waals surface area contributed by atoms with E-state index in [0.29, 0.717) is 23.3 Å². The number of phenolic OH excluding ortho intramolecular Hbond substituents is 1. The van der Waals surface area contributed by atoms with Gasteiger partial charge < -0.3 is 31.1 Å². The van der Waals surface area contributed by atoms with Gasteiger partial charge in [0.15, 0.2) is 11.4 Å². The number of thioether (sulfide) groups is 1. The Morgan fingerprint density at radius 1 is 1.32 bits per heavy atom. The summed E-state index contributed by atoms with van der Waals surface area (Å²) in [6.07, 6.45) is 0.801. The van der Waals surface area contributed by atoms with Crippen LogP contribution in [0.1, 0.15) is 23.1 Å². The van der Waals surface area contributed by atoms with E-state index < -0.39 is 58.7 Å². The number of hydrogen-bond acceptors (Lipinski definition) is 9. The second-order valence-electron chi connectivity index (χ2n) is 9.44. The van der Waals surface area contributed by atoms with Crippen LogP contribution in [0.3, 0.4) is 0 Å². The summed E-state index contributed by atoms with van der Waals surface area (Å²) < 4.78 is 0.825. The quantitative estimate of drug-likeness (QED) is 0.246. The first-order valence-electron chi connectivity index (χ1n) is 10.8. The fraction of sp³-hybridized carbons (Fsp3) is 0.522. The molecule has 3 aliphatic carbocycles. The van der Waals surface area contributed by atoms with Crippen LogP contribution < -0.4 is 5.73 Å². The van der Waals surface area contributed by atoms with E-state index in [9.17, 15) is 34.8 Å². The van der Waals surface area contributed by atoms with E-state index in [0.717, 1.165) is 3.57 Å². The SMILES string of the molecule is CSCc1cc(I)c2c(c1O)C(O)=C1C(=O)[C@]3(O)C(=O)C(C(N)=O)C(O)C(N(C)C)[C@@H]3C[C@@H]1C2. The molecule has 11 heteroatoms. The highest BCUT2D eigenvalue weighted by Gasteiger charge is 2.67. The van der Waals surface area contributed by atoms with Gasteiger partial charge in [-0.05, 0) is 73.3 Å². The van der Waals surface area contributed by atoms with E-state index in [2.05, 4.69) is 22.6 Å². The smallest absolute Gasteiger partial charge is 0.230 e. The summed E-state index contributed by atoms with van der Waals surface area (Å²) in [7, 11) is 3.25. The summed E-state index contributed by atoms with van der Waals surface area (Å²) in [5.41, 5.74) is 4.03. The van der Waals surface area contributed by atoms with Gasteiger partial charge in [0.25, 0.3) is 0 Å². The molecule has 0 aliphatic heterocycles. The number of fused-ring (bicyclic) bond motifs is 3. The number of carbonyl (C=O) groups is 3. The van der Waals surface area contributed by atoms with E-state index in [-0.39, 0.29) is 23.3 Å². The molecule has 34 heavy (non-hydrogen) atoms. The van der Waals surface area contributed by atoms with Crippen molar-refractivity contribution in [3.05, 3.63) is 31.9 Å². The zero-order valence-electron chi connectivity index (χ0n) is 18.9. The maximum atomic E-state index is 13.8. The van der Waals surface area contributed by atoms with Crippen molar-refractivity contribution >= 4 is 57.6 Å². The topological polar surface area (TPSA) is 161 Å². The molecule has 1 aromatic rings. The number of Topliss-reactive ketones (excluding diaryl/α,β-unsaturated/α-hetero) is 2. The number of halogens is 1. The molecule has 0 aromatic heterocycles. The number of primary amides is 1. The molecule has 184 valence electrons. The summed E-state index contributed by atoms with van der Waals surface area (Å²) in [6, 6.07) is 0.948. The molecule has 4 rings (SSSR count). The monoisotopic (exact) mass is 602 g/mol. The molecule has 1 amide bonds. The van der Waals surface area contributed by atoms with E-state index in [1.165, 1.54) is 11.8 Å². The van der Waals surface area contributed by atoms with E-state index in [1.807, 2.05) is 12.3 Å². The molecule has 9 nitrogen and oxygen atoms in total. The predicted molar refractivity (Wildman–Crippen MR) is 134 cm³/mol. The molecule has 0 radical (unpaired) electrons. The van der Waals surface area contributed by atoms with Crippen molar-refractivity contribution in [2.75, 3.05) is 20.4 Å². The highest BCUT2D eigenvalue weighted by atomic mass is 127. The zero-order valence-corrected chi connectivity index (χ0v) is 21.9. The molecular formula is C23H27IN2O7S. The summed E-state index contributed by atoms with van der Waals surface area (Å²) in [4.78, 5) is 40.7. The molecule has 1 aromatic carbocycles. The van der Waals surface area contributed by atoms with Crippen molar-refractivity contribution in [1.82, 2.24) is 4.90 Å². The Balaban J connectivity index is 1.93. The third kappa shape index (κ3) is 3.42. The van der Waals surface area contributed by atoms with Crippen molar-refractivity contribution in [1.29, 1.82) is 0 Å². The number of aliphatic hydroxyl groups is 3. The minimum Gasteiger partial charge on any atom is -0.507 e. The van der Waals surface area contributed by atoms with Gasteiger partial charge in [0, 0.05) is 32.4 Å². The summed E-state index contributed by atoms with van der Waals surface area (Å²) >= 11 is 3.62. The maximum Gasteiger partial charge on any atom is 0.230 e. The molecule has 6 N–H and O–H groups in total. The van der Waals surface area contributed by atoms with Crippen LogP contribution >= 0.6 is 34.4 Å². The fourth-order valence-electron chi connectivity index (χ4n) is 5.94. The number of likely N-dealkylation sites (N-methyl/N-ethyl adjacent to an activating group) is 1. The van der Waals surface area contributed by atoms with Gasteiger partial charge in [-0.2, -0.15) is 11.8 Å². The van der Waals surface area contributed by atoms with E-state index in [4.69, 9.17) is 5.73 Å². The zero-order chi connectivity index (χ0) is 25.3. The largest absolute Gasteiger partial charge is 0.507 e. The number of nitrogens with zero attached hydrogens (tertiary/aromatic N) is 1. The van der Waals surface area contributed by atoms with Crippen molar-refractivity contribution in [2.45, 2.75) is 36.3 Å². The van der Waals surface area contributed by atoms with Crippen LogP contribution in [0.2, 0.25) is 0 Å². The van der Waals surface area contributed by atoms with E-state index in [1.54, 1.807) is 19.0 Å². The van der Waals surface area contributed by atoms with Crippen LogP contribution in [0.15, 0.2) is 11.6 Å². The normalized spacial score (nSPS) is 33.0. The highest BCUT2D eigenvalue weighted by molar-refractivity contribution is 14.1. The third-order valence-corrected chi connectivity index (χ3v) is 8.98. The van der Waals surface area contributed by atoms with Crippen molar-refractivity contribution in [3.63, 3.8) is 0 Å². The second kappa shape index (κ2) is 8.77. The maximum absolute atomic E-state index is 13.8. The molecule has 3 aliphatic rings. The minimum atomic E-state index is -2.63. The molecule has 0 saturated heterocycles. The lowest BCUT2D eigenvalue weighted by Crippen LogP contribution is -2.73. The van der Waals surface area contributed by atoms with Crippen LogP contribution in [0.5, 0.6) is 5.75 Å². The van der Waals surface area contributed by atoms with Crippen LogP contribution in [-0.4, -0.2) is 80.9 Å². The number of rotatable bonds is 4. The molecule has 2 fully saturated rings. The van der Waals surface area contributed by atoms with Crippen molar-refractivity contribution in [3.8, 4) is 5.75 Å². The van der Waals surface area contributed by atoms with Crippen LogP contribution in [0.25, 0.3) is 5.76 Å². The highest BCUT2D eigenvalue weighted by Crippen LogP contribution is 2.53. The number of amides is 1. The Kier molecular flexibility index (Phi) is 6.56. The van der Waals surface area contributed by atoms with Crippen molar-refractivity contribution < 1.29 is 34.8 Å². The summed E-state index contributed by atoms with van der Waals surface area (Å²) in [5.74, 6) is -6.73. The fourth-order valence-corrected chi connectivity index (χ4v) is 7.34. The van der Waals surface area contributed by atoms with Gasteiger partial charge in [-0.25, -0.2) is 0 Å². The van der Waals surface area contributed by atoms with Gasteiger partial charge in [0.1, 0.15) is 17.4 Å². The first-order chi connectivity index (χ1) is 15.9. The number of carbonyl (C=O) groups excluding carboxylic acids is 3. The first-order valence-corrected chi connectivity index (χ1v) is 13.3. The number of ketones is 2. The Morgan fingerprint density at radius 3 is 2.53 bits per heavy atom. The standard InChI is InChI=1S/C23H27IN2O7S/c1-26(2)16-11-5-8-4-10-12(24)6-9(7-34-3)17(27)14(10)18(28)13(8)20(30)23(11,33)21(31)15(19(16)29)22(25)32/h6,8,11,15-16,19,27-29,33H,4-5,7H2,1-3H3,(H2,25,32)/t8-,11-,15?,16?,19?,23-/m0/s1. The molecule has 0 spiro atoms. The van der Waals surface area contributed by atoms with Gasteiger partial charge >= 0.3 is 0 Å². The first kappa shape index (κ1) is 25.4. The Bertz CT molecular complexity index is 1140. The number of hydrogen-bond donors (Lipinski definition) is 5. The van der Waals surface area contributed by atoms with Gasteiger partial charge in [-0.15, -0.1) is 0 Å². The Labute approximate surface area is 214 Å². The third-order valence-electron chi connectivity index (χ3n) is 7.41. The molecule has 3 unspecified atom stereocenters. The molecular weight excluding hydrogens is 575 g/mol. The molecule has 2 saturated carbocycles. The summed E-state index contributed by atoms with van der Waals surface area (Å²) in [6.45, 7) is 0. The number of aliphatic hydroxyl groups excluding tert-OH is 2. The number of phenols is 1. The lowest BCUT2D eigenvalue weighted by Gasteiger charge is -2.53. The van der Waals surface area contributed by atoms with Crippen LogP contribution in [-0.2, 0) is 26.6 Å². The van der Waals surface area contributed by atoms with Gasteiger partial charge in [0.2, 0.25) is 11.7 Å². The van der Waals surface area contributed by atoms with Crippen molar-refractivity contribution in [2.24, 2.45) is 23.5 Å². The van der Waals surface area contributed by atoms with Crippen LogP contribution in [0.4, 0.5) is 0 Å².